The fourth-order valence-corrected chi connectivity index (χ4v) is 9.14. The summed E-state index contributed by atoms with van der Waals surface area (Å²) in [5.74, 6) is 0.744. The quantitative estimate of drug-likeness (QED) is 0.126. The van der Waals surface area contributed by atoms with Crippen molar-refractivity contribution in [1.82, 2.24) is 0 Å². The Morgan fingerprint density at radius 1 is 0.297 bits per heavy atom. The zero-order valence-corrected chi connectivity index (χ0v) is 36.4. The number of halogens is 2. The molecule has 0 saturated carbocycles. The molecule has 0 N–H and O–H groups in total. The van der Waals surface area contributed by atoms with E-state index in [-0.39, 0.29) is 0 Å². The molecule has 10 aromatic rings. The molecule has 0 aliphatic carbocycles. The van der Waals surface area contributed by atoms with E-state index in [1.54, 1.807) is 0 Å². The minimum Gasteiger partial charge on any atom is -0.480 e. The van der Waals surface area contributed by atoms with Gasteiger partial charge in [-0.25, -0.2) is 0 Å². The third kappa shape index (κ3) is 8.28. The van der Waals surface area contributed by atoms with Gasteiger partial charge in [0.15, 0.2) is 0 Å². The molecule has 1 unspecified atom stereocenters. The van der Waals surface area contributed by atoms with Crippen molar-refractivity contribution in [2.24, 2.45) is 0 Å². The van der Waals surface area contributed by atoms with Gasteiger partial charge < -0.3 is 4.74 Å². The first kappa shape index (κ1) is 40.6. The van der Waals surface area contributed by atoms with Crippen molar-refractivity contribution in [3.8, 4) is 83.6 Å². The van der Waals surface area contributed by atoms with Gasteiger partial charge in [0.1, 0.15) is 11.9 Å². The molecule has 3 heteroatoms. The Morgan fingerprint density at radius 2 is 0.734 bits per heavy atom. The summed E-state index contributed by atoms with van der Waals surface area (Å²) in [6.07, 6.45) is -0.548. The molecule has 64 heavy (non-hydrogen) atoms. The van der Waals surface area contributed by atoms with E-state index in [1.165, 1.54) is 0 Å². The maximum absolute atomic E-state index is 8.02. The van der Waals surface area contributed by atoms with Crippen LogP contribution in [-0.4, -0.2) is 0 Å². The lowest BCUT2D eigenvalue weighted by Gasteiger charge is -2.30. The first-order valence-electron chi connectivity index (χ1n) is 21.5. The van der Waals surface area contributed by atoms with Crippen molar-refractivity contribution in [3.05, 3.63) is 270 Å². The molecule has 0 bridgehead atoms. The second-order valence-corrected chi connectivity index (χ2v) is 16.6. The van der Waals surface area contributed by atoms with Gasteiger partial charge >= 0.3 is 0 Å². The first-order chi connectivity index (χ1) is 31.6. The van der Waals surface area contributed by atoms with Crippen LogP contribution in [0.3, 0.4) is 0 Å². The second-order valence-electron chi connectivity index (χ2n) is 15.8. The standard InChI is InChI=1S/C61H42Cl2O/c62-49-39-37-45(38-40-49)51-28-14-16-31-54(51)60(48-25-11-4-12-26-48)64-61-58(47-23-9-3-10-24-47)55(46-35-33-43(34-36-46)42-19-5-1-6-20-42)41-56(52-29-17-18-32-57(52)63)59(61)53-30-15-13-27-50(53)44-21-7-2-8-22-44/h1-41,60H. The van der Waals surface area contributed by atoms with Crippen LogP contribution >= 0.6 is 23.2 Å². The molecule has 10 rings (SSSR count). The zero-order chi connectivity index (χ0) is 43.2. The van der Waals surface area contributed by atoms with Crippen LogP contribution in [-0.2, 0) is 0 Å². The lowest BCUT2D eigenvalue weighted by molar-refractivity contribution is 0.250. The SMILES string of the molecule is Clc1ccc(-c2ccccc2C(Oc2c(-c3ccccc3)c(-c3ccc(-c4ccccc4)cc3)cc(-c3ccccc3Cl)c2-c2ccccc2-c2ccccc2)c2ccccc2)cc1. The molecule has 306 valence electrons. The van der Waals surface area contributed by atoms with E-state index in [2.05, 4.69) is 224 Å². The average molecular weight is 862 g/mol. The van der Waals surface area contributed by atoms with Gasteiger partial charge in [-0.05, 0) is 91.0 Å². The van der Waals surface area contributed by atoms with Crippen LogP contribution in [0.1, 0.15) is 17.2 Å². The number of hydrogen-bond acceptors (Lipinski definition) is 1. The Morgan fingerprint density at radius 3 is 1.38 bits per heavy atom. The van der Waals surface area contributed by atoms with Crippen LogP contribution in [0.15, 0.2) is 249 Å². The largest absolute Gasteiger partial charge is 0.480 e. The van der Waals surface area contributed by atoms with E-state index in [1.807, 2.05) is 24.3 Å². The molecule has 10 aromatic carbocycles. The van der Waals surface area contributed by atoms with Gasteiger partial charge in [0.2, 0.25) is 0 Å². The summed E-state index contributed by atoms with van der Waals surface area (Å²) in [4.78, 5) is 0. The van der Waals surface area contributed by atoms with Crippen LogP contribution < -0.4 is 4.74 Å². The summed E-state index contributed by atoms with van der Waals surface area (Å²) in [5, 5.41) is 1.34. The normalized spacial score (nSPS) is 11.5. The fourth-order valence-electron chi connectivity index (χ4n) is 8.77. The molecule has 0 aliphatic rings. The Balaban J connectivity index is 1.34. The summed E-state index contributed by atoms with van der Waals surface area (Å²) in [6, 6.07) is 86.8. The Bertz CT molecular complexity index is 3170. The van der Waals surface area contributed by atoms with Crippen molar-refractivity contribution >= 4 is 23.2 Å². The summed E-state index contributed by atoms with van der Waals surface area (Å²) in [6.45, 7) is 0. The highest BCUT2D eigenvalue weighted by Gasteiger charge is 2.30. The van der Waals surface area contributed by atoms with Crippen LogP contribution in [0.2, 0.25) is 10.0 Å². The van der Waals surface area contributed by atoms with Crippen molar-refractivity contribution in [3.63, 3.8) is 0 Å². The van der Waals surface area contributed by atoms with Crippen molar-refractivity contribution in [2.45, 2.75) is 6.10 Å². The van der Waals surface area contributed by atoms with Crippen molar-refractivity contribution < 1.29 is 4.74 Å². The number of benzene rings is 10. The van der Waals surface area contributed by atoms with E-state index < -0.39 is 6.10 Å². The van der Waals surface area contributed by atoms with Gasteiger partial charge in [0.25, 0.3) is 0 Å². The molecule has 0 spiro atoms. The minimum absolute atomic E-state index is 0.548. The summed E-state index contributed by atoms with van der Waals surface area (Å²) >= 11 is 13.8. The van der Waals surface area contributed by atoms with Crippen molar-refractivity contribution in [2.75, 3.05) is 0 Å². The molecule has 0 heterocycles. The number of hydrogen-bond donors (Lipinski definition) is 0. The van der Waals surface area contributed by atoms with Crippen LogP contribution in [0.4, 0.5) is 0 Å². The fraction of sp³-hybridized carbons (Fsp3) is 0.0164. The molecular weight excluding hydrogens is 820 g/mol. The maximum atomic E-state index is 8.02. The van der Waals surface area contributed by atoms with E-state index in [9.17, 15) is 0 Å². The third-order valence-corrected chi connectivity index (χ3v) is 12.4. The van der Waals surface area contributed by atoms with Crippen LogP contribution in [0.25, 0.3) is 77.9 Å². The molecule has 1 atom stereocenters. The van der Waals surface area contributed by atoms with E-state index in [4.69, 9.17) is 27.9 Å². The topological polar surface area (TPSA) is 9.23 Å². The van der Waals surface area contributed by atoms with E-state index in [0.717, 1.165) is 94.8 Å². The second kappa shape index (κ2) is 18.5. The smallest absolute Gasteiger partial charge is 0.150 e. The predicted octanol–water partition coefficient (Wildman–Crippen LogP) is 17.8. The van der Waals surface area contributed by atoms with Gasteiger partial charge in [0.05, 0.1) is 0 Å². The third-order valence-electron chi connectivity index (χ3n) is 11.8. The van der Waals surface area contributed by atoms with Gasteiger partial charge in [-0.3, -0.25) is 0 Å². The van der Waals surface area contributed by atoms with Gasteiger partial charge in [-0.2, -0.15) is 0 Å². The van der Waals surface area contributed by atoms with Gasteiger partial charge in [-0.15, -0.1) is 0 Å². The van der Waals surface area contributed by atoms with Crippen LogP contribution in [0, 0.1) is 0 Å². The number of ether oxygens (including phenoxy) is 1. The highest BCUT2D eigenvalue weighted by molar-refractivity contribution is 6.33. The van der Waals surface area contributed by atoms with Gasteiger partial charge in [-0.1, -0.05) is 248 Å². The van der Waals surface area contributed by atoms with Crippen LogP contribution in [0.5, 0.6) is 5.75 Å². The number of rotatable bonds is 11. The van der Waals surface area contributed by atoms with E-state index in [0.29, 0.717) is 10.0 Å². The summed E-state index contributed by atoms with van der Waals surface area (Å²) < 4.78 is 8.02. The lowest BCUT2D eigenvalue weighted by Crippen LogP contribution is -2.13. The molecule has 1 nitrogen and oxygen atoms in total. The average Bonchev–Trinajstić information content (AvgIpc) is 3.37. The maximum Gasteiger partial charge on any atom is 0.150 e. The molecule has 0 aromatic heterocycles. The Labute approximate surface area is 385 Å². The summed E-state index contributed by atoms with van der Waals surface area (Å²) in [7, 11) is 0. The zero-order valence-electron chi connectivity index (χ0n) is 34.9. The first-order valence-corrected chi connectivity index (χ1v) is 22.2. The molecule has 0 saturated heterocycles. The highest BCUT2D eigenvalue weighted by atomic mass is 35.5. The predicted molar refractivity (Wildman–Crippen MR) is 270 cm³/mol. The minimum atomic E-state index is -0.548. The Hall–Kier alpha value is -7.42. The molecule has 0 fully saturated rings. The van der Waals surface area contributed by atoms with Gasteiger partial charge in [0, 0.05) is 32.3 Å². The highest BCUT2D eigenvalue weighted by Crippen LogP contribution is 2.54. The Kier molecular flexibility index (Phi) is 11.8. The van der Waals surface area contributed by atoms with Crippen molar-refractivity contribution in [1.29, 1.82) is 0 Å². The van der Waals surface area contributed by atoms with E-state index >= 15 is 0 Å². The summed E-state index contributed by atoms with van der Waals surface area (Å²) in [5.41, 5.74) is 16.6. The molecular formula is C61H42Cl2O. The monoisotopic (exact) mass is 860 g/mol. The molecule has 0 amide bonds. The molecule has 0 radical (unpaired) electrons. The lowest BCUT2D eigenvalue weighted by atomic mass is 9.82. The molecule has 0 aliphatic heterocycles.